The molecule has 1 aliphatic heterocycles. The number of hydrogen-bond acceptors (Lipinski definition) is 10. The van der Waals surface area contributed by atoms with Crippen molar-refractivity contribution >= 4 is 21.7 Å². The molecule has 6 atom stereocenters. The molecule has 5 N–H and O–H groups in total. The predicted octanol–water partition coefficient (Wildman–Crippen LogP) is -3.73. The quantitative estimate of drug-likeness (QED) is 0.285. The average Bonchev–Trinajstić information content (AvgIpc) is 2.46. The van der Waals surface area contributed by atoms with Crippen LogP contribution in [0.3, 0.4) is 0 Å². The molecule has 1 heterocycles. The van der Waals surface area contributed by atoms with Gasteiger partial charge in [0.1, 0.15) is 22.0 Å². The van der Waals surface area contributed by atoms with Crippen molar-refractivity contribution in [2.75, 3.05) is 19.1 Å². The van der Waals surface area contributed by atoms with E-state index < -0.39 is 70.1 Å². The molecule has 0 aromatic heterocycles. The van der Waals surface area contributed by atoms with Gasteiger partial charge in [-0.25, -0.2) is 13.2 Å². The van der Waals surface area contributed by atoms with Crippen molar-refractivity contribution in [3.05, 3.63) is 0 Å². The zero-order valence-electron chi connectivity index (χ0n) is 13.9. The maximum Gasteiger partial charge on any atom is 0.366 e. The lowest BCUT2D eigenvalue weighted by Crippen LogP contribution is -2.67. The first-order chi connectivity index (χ1) is 11.3. The van der Waals surface area contributed by atoms with Crippen molar-refractivity contribution in [1.29, 1.82) is 0 Å². The number of methoxy groups -OCH3 is 1. The number of nitrogens with one attached hydrogen (secondary N) is 1. The second kappa shape index (κ2) is 7.93. The standard InChI is InChI=1S/C13H23NO10S/c1-6(15)14-9-7(16)4-13(20,12(19)23-2)24-11(9)10(18)8(17)5-25(3,21)22/h7-11,16-18,20H,4-5H2,1-3H3,(H,14,15)/t7-,8+,9+,10+,11+,13?/m0/s1. The highest BCUT2D eigenvalue weighted by molar-refractivity contribution is 7.90. The van der Waals surface area contributed by atoms with Crippen molar-refractivity contribution < 1.29 is 47.9 Å². The lowest BCUT2D eigenvalue weighted by Gasteiger charge is -2.45. The molecule has 1 rings (SSSR count). The summed E-state index contributed by atoms with van der Waals surface area (Å²) >= 11 is 0. The number of carbonyl (C=O) groups excluding carboxylic acids is 2. The number of aliphatic hydroxyl groups excluding tert-OH is 3. The highest BCUT2D eigenvalue weighted by Gasteiger charge is 2.54. The summed E-state index contributed by atoms with van der Waals surface area (Å²) in [4.78, 5) is 23.0. The van der Waals surface area contributed by atoms with Crippen LogP contribution in [-0.4, -0.2) is 96.1 Å². The number of esters is 1. The Morgan fingerprint density at radius 3 is 2.40 bits per heavy atom. The van der Waals surface area contributed by atoms with E-state index in [-0.39, 0.29) is 0 Å². The molecule has 1 amide bonds. The Morgan fingerprint density at radius 2 is 1.96 bits per heavy atom. The van der Waals surface area contributed by atoms with Crippen molar-refractivity contribution in [3.8, 4) is 0 Å². The van der Waals surface area contributed by atoms with E-state index in [1.54, 1.807) is 0 Å². The number of ether oxygens (including phenoxy) is 2. The maximum atomic E-state index is 11.7. The van der Waals surface area contributed by atoms with Crippen LogP contribution in [-0.2, 0) is 28.9 Å². The smallest absolute Gasteiger partial charge is 0.366 e. The summed E-state index contributed by atoms with van der Waals surface area (Å²) in [5, 5.41) is 42.8. The Hall–Kier alpha value is -1.31. The van der Waals surface area contributed by atoms with Crippen LogP contribution in [0, 0.1) is 0 Å². The summed E-state index contributed by atoms with van der Waals surface area (Å²) in [5.74, 6) is -5.36. The van der Waals surface area contributed by atoms with E-state index >= 15 is 0 Å². The molecular weight excluding hydrogens is 362 g/mol. The number of sulfone groups is 1. The number of carbonyl (C=O) groups is 2. The zero-order valence-corrected chi connectivity index (χ0v) is 14.8. The summed E-state index contributed by atoms with van der Waals surface area (Å²) in [5.41, 5.74) is 0. The Kier molecular flexibility index (Phi) is 6.89. The van der Waals surface area contributed by atoms with Crippen molar-refractivity contribution in [2.45, 2.75) is 49.6 Å². The molecule has 11 nitrogen and oxygen atoms in total. The van der Waals surface area contributed by atoms with E-state index in [4.69, 9.17) is 4.74 Å². The van der Waals surface area contributed by atoms with Gasteiger partial charge in [-0.15, -0.1) is 0 Å². The van der Waals surface area contributed by atoms with Gasteiger partial charge in [0, 0.05) is 19.6 Å². The van der Waals surface area contributed by atoms with E-state index in [1.165, 1.54) is 0 Å². The van der Waals surface area contributed by atoms with Crippen LogP contribution >= 0.6 is 0 Å². The van der Waals surface area contributed by atoms with Gasteiger partial charge in [-0.3, -0.25) is 4.79 Å². The van der Waals surface area contributed by atoms with Crippen LogP contribution < -0.4 is 5.32 Å². The molecule has 0 bridgehead atoms. The lowest BCUT2D eigenvalue weighted by atomic mass is 9.89. The second-order valence-corrected chi connectivity index (χ2v) is 8.19. The number of aliphatic hydroxyl groups is 4. The molecule has 0 saturated carbocycles. The van der Waals surface area contributed by atoms with Gasteiger partial charge < -0.3 is 35.2 Å². The molecule has 0 radical (unpaired) electrons. The number of amides is 1. The third kappa shape index (κ3) is 5.59. The van der Waals surface area contributed by atoms with Crippen molar-refractivity contribution in [1.82, 2.24) is 5.32 Å². The Bertz CT molecular complexity index is 608. The maximum absolute atomic E-state index is 11.7. The molecule has 1 unspecified atom stereocenters. The Morgan fingerprint density at radius 1 is 1.40 bits per heavy atom. The van der Waals surface area contributed by atoms with Gasteiger partial charge in [-0.2, -0.15) is 0 Å². The number of hydrogen-bond donors (Lipinski definition) is 5. The molecule has 12 heteroatoms. The number of rotatable bonds is 6. The van der Waals surface area contributed by atoms with Gasteiger partial charge in [0.05, 0.1) is 31.1 Å². The zero-order chi connectivity index (χ0) is 19.6. The van der Waals surface area contributed by atoms with Crippen LogP contribution in [0.2, 0.25) is 0 Å². The third-order valence-electron chi connectivity index (χ3n) is 3.66. The fourth-order valence-electron chi connectivity index (χ4n) is 2.59. The lowest BCUT2D eigenvalue weighted by molar-refractivity contribution is -0.295. The van der Waals surface area contributed by atoms with Crippen LogP contribution in [0.15, 0.2) is 0 Å². The van der Waals surface area contributed by atoms with Gasteiger partial charge in [0.2, 0.25) is 5.91 Å². The van der Waals surface area contributed by atoms with Gasteiger partial charge in [0.15, 0.2) is 0 Å². The molecule has 146 valence electrons. The molecule has 1 aliphatic rings. The minimum absolute atomic E-state index is 0.619. The SMILES string of the molecule is COC(=O)C1(O)C[C@H](O)[C@@H](NC(C)=O)[C@H]([C@H](O)[C@H](O)CS(C)(=O)=O)O1. The van der Waals surface area contributed by atoms with Crippen molar-refractivity contribution in [2.24, 2.45) is 0 Å². The van der Waals surface area contributed by atoms with Crippen LogP contribution in [0.5, 0.6) is 0 Å². The van der Waals surface area contributed by atoms with Gasteiger partial charge in [-0.1, -0.05) is 0 Å². The summed E-state index contributed by atoms with van der Waals surface area (Å²) in [6, 6.07) is -1.31. The van der Waals surface area contributed by atoms with Crippen molar-refractivity contribution in [3.63, 3.8) is 0 Å². The average molecular weight is 385 g/mol. The molecule has 1 fully saturated rings. The van der Waals surface area contributed by atoms with E-state index in [2.05, 4.69) is 10.1 Å². The molecule has 0 aromatic rings. The first-order valence-electron chi connectivity index (χ1n) is 7.28. The van der Waals surface area contributed by atoms with Gasteiger partial charge >= 0.3 is 5.97 Å². The largest absolute Gasteiger partial charge is 0.465 e. The predicted molar refractivity (Wildman–Crippen MR) is 81.8 cm³/mol. The van der Waals surface area contributed by atoms with Crippen LogP contribution in [0.1, 0.15) is 13.3 Å². The fraction of sp³-hybridized carbons (Fsp3) is 0.846. The minimum atomic E-state index is -3.68. The molecule has 25 heavy (non-hydrogen) atoms. The Balaban J connectivity index is 3.15. The van der Waals surface area contributed by atoms with E-state index in [0.29, 0.717) is 0 Å². The first kappa shape index (κ1) is 21.7. The second-order valence-electron chi connectivity index (χ2n) is 6.01. The molecule has 1 saturated heterocycles. The fourth-order valence-corrected chi connectivity index (χ4v) is 3.41. The van der Waals surface area contributed by atoms with Crippen LogP contribution in [0.4, 0.5) is 0 Å². The van der Waals surface area contributed by atoms with E-state index in [1.807, 2.05) is 0 Å². The molecule has 0 spiro atoms. The highest BCUT2D eigenvalue weighted by Crippen LogP contribution is 2.31. The summed E-state index contributed by atoms with van der Waals surface area (Å²) in [6.07, 6.45) is -6.88. The minimum Gasteiger partial charge on any atom is -0.465 e. The monoisotopic (exact) mass is 385 g/mol. The summed E-state index contributed by atoms with van der Waals surface area (Å²) < 4.78 is 32.0. The van der Waals surface area contributed by atoms with E-state index in [9.17, 15) is 38.4 Å². The summed E-state index contributed by atoms with van der Waals surface area (Å²) in [6.45, 7) is 1.12. The van der Waals surface area contributed by atoms with E-state index in [0.717, 1.165) is 20.3 Å². The molecule has 0 aliphatic carbocycles. The Labute approximate surface area is 144 Å². The first-order valence-corrected chi connectivity index (χ1v) is 9.34. The summed E-state index contributed by atoms with van der Waals surface area (Å²) in [7, 11) is -2.72. The van der Waals surface area contributed by atoms with Gasteiger partial charge in [0.25, 0.3) is 5.79 Å². The van der Waals surface area contributed by atoms with Crippen LogP contribution in [0.25, 0.3) is 0 Å². The third-order valence-corrected chi connectivity index (χ3v) is 4.61. The molecule has 0 aromatic carbocycles. The van der Waals surface area contributed by atoms with Gasteiger partial charge in [-0.05, 0) is 0 Å². The topological polar surface area (TPSA) is 180 Å². The molecular formula is C13H23NO10S. The normalized spacial score (nSPS) is 32.5. The highest BCUT2D eigenvalue weighted by atomic mass is 32.2.